The summed E-state index contributed by atoms with van der Waals surface area (Å²) in [4.78, 5) is 14.8. The predicted molar refractivity (Wildman–Crippen MR) is 81.7 cm³/mol. The van der Waals surface area contributed by atoms with Gasteiger partial charge < -0.3 is 0 Å². The Balaban J connectivity index is 2.42. The lowest BCUT2D eigenvalue weighted by atomic mass is 10.2. The van der Waals surface area contributed by atoms with Gasteiger partial charge in [-0.25, -0.2) is 5.43 Å². The molecule has 1 aromatic carbocycles. The number of amides is 1. The number of thioether (sulfide) groups is 1. The molecule has 0 spiro atoms. The Morgan fingerprint density at radius 2 is 1.95 bits per heavy atom. The molecule has 19 heavy (non-hydrogen) atoms. The second-order valence-electron chi connectivity index (χ2n) is 4.03. The molecule has 0 fully saturated rings. The van der Waals surface area contributed by atoms with Crippen LogP contribution in [0.4, 0.5) is 0 Å². The van der Waals surface area contributed by atoms with Crippen molar-refractivity contribution in [2.24, 2.45) is 5.10 Å². The SMILES string of the molecule is CCN(CC)CC(=O)N/N=C\c1ccc(SC)cc1. The van der Waals surface area contributed by atoms with E-state index in [1.807, 2.05) is 49.3 Å². The number of nitrogens with one attached hydrogen (secondary N) is 1. The van der Waals surface area contributed by atoms with Gasteiger partial charge in [0.1, 0.15) is 0 Å². The molecule has 0 saturated carbocycles. The number of benzene rings is 1. The van der Waals surface area contributed by atoms with Crippen molar-refractivity contribution in [3.8, 4) is 0 Å². The van der Waals surface area contributed by atoms with E-state index in [-0.39, 0.29) is 5.91 Å². The second-order valence-corrected chi connectivity index (χ2v) is 4.91. The van der Waals surface area contributed by atoms with Crippen LogP contribution in [0.2, 0.25) is 0 Å². The number of hydrogen-bond donors (Lipinski definition) is 1. The lowest BCUT2D eigenvalue weighted by Crippen LogP contribution is -2.35. The van der Waals surface area contributed by atoms with Crippen LogP contribution in [0.5, 0.6) is 0 Å². The van der Waals surface area contributed by atoms with Gasteiger partial charge in [0.25, 0.3) is 5.91 Å². The zero-order valence-electron chi connectivity index (χ0n) is 11.7. The summed E-state index contributed by atoms with van der Waals surface area (Å²) in [7, 11) is 0. The van der Waals surface area contributed by atoms with Crippen molar-refractivity contribution in [2.75, 3.05) is 25.9 Å². The molecule has 1 amide bonds. The molecule has 4 nitrogen and oxygen atoms in total. The highest BCUT2D eigenvalue weighted by atomic mass is 32.2. The normalized spacial score (nSPS) is 11.2. The van der Waals surface area contributed by atoms with E-state index in [0.29, 0.717) is 6.54 Å². The summed E-state index contributed by atoms with van der Waals surface area (Å²) in [6, 6.07) is 8.02. The van der Waals surface area contributed by atoms with Gasteiger partial charge in [0.2, 0.25) is 0 Å². The summed E-state index contributed by atoms with van der Waals surface area (Å²) in [5.41, 5.74) is 3.52. The molecule has 0 aromatic heterocycles. The monoisotopic (exact) mass is 279 g/mol. The van der Waals surface area contributed by atoms with Gasteiger partial charge in [-0.05, 0) is 37.0 Å². The van der Waals surface area contributed by atoms with Crippen LogP contribution in [0.3, 0.4) is 0 Å². The summed E-state index contributed by atoms with van der Waals surface area (Å²) in [6.45, 7) is 6.18. The van der Waals surface area contributed by atoms with E-state index in [2.05, 4.69) is 10.5 Å². The summed E-state index contributed by atoms with van der Waals surface area (Å²) < 4.78 is 0. The molecule has 0 aliphatic heterocycles. The molecule has 0 saturated heterocycles. The molecular weight excluding hydrogens is 258 g/mol. The number of carbonyl (C=O) groups excluding carboxylic acids is 1. The lowest BCUT2D eigenvalue weighted by molar-refractivity contribution is -0.122. The maximum Gasteiger partial charge on any atom is 0.254 e. The van der Waals surface area contributed by atoms with Crippen molar-refractivity contribution in [1.29, 1.82) is 0 Å². The van der Waals surface area contributed by atoms with Crippen molar-refractivity contribution in [2.45, 2.75) is 18.7 Å². The van der Waals surface area contributed by atoms with Gasteiger partial charge in [-0.2, -0.15) is 5.10 Å². The Morgan fingerprint density at radius 3 is 2.47 bits per heavy atom. The zero-order valence-corrected chi connectivity index (χ0v) is 12.5. The number of nitrogens with zero attached hydrogens (tertiary/aromatic N) is 2. The quantitative estimate of drug-likeness (QED) is 0.473. The maximum absolute atomic E-state index is 11.6. The van der Waals surface area contributed by atoms with Gasteiger partial charge >= 0.3 is 0 Å². The highest BCUT2D eigenvalue weighted by molar-refractivity contribution is 7.98. The molecular formula is C14H21N3OS. The van der Waals surface area contributed by atoms with Crippen LogP contribution in [0, 0.1) is 0 Å². The summed E-state index contributed by atoms with van der Waals surface area (Å²) in [6.07, 6.45) is 3.70. The fraction of sp³-hybridized carbons (Fsp3) is 0.429. The molecule has 0 aliphatic carbocycles. The van der Waals surface area contributed by atoms with E-state index in [9.17, 15) is 4.79 Å². The van der Waals surface area contributed by atoms with E-state index in [4.69, 9.17) is 0 Å². The first-order valence-corrected chi connectivity index (χ1v) is 7.60. The number of hydrogen-bond acceptors (Lipinski definition) is 4. The minimum absolute atomic E-state index is 0.0827. The van der Waals surface area contributed by atoms with Gasteiger partial charge in [-0.15, -0.1) is 11.8 Å². The smallest absolute Gasteiger partial charge is 0.254 e. The number of likely N-dealkylation sites (N-methyl/N-ethyl adjacent to an activating group) is 1. The molecule has 1 rings (SSSR count). The lowest BCUT2D eigenvalue weighted by Gasteiger charge is -2.15. The van der Waals surface area contributed by atoms with Gasteiger partial charge in [0.05, 0.1) is 12.8 Å². The minimum Gasteiger partial charge on any atom is -0.295 e. The Kier molecular flexibility index (Phi) is 7.22. The Hall–Kier alpha value is -1.33. The molecule has 1 aromatic rings. The molecule has 104 valence electrons. The fourth-order valence-electron chi connectivity index (χ4n) is 1.55. The summed E-state index contributed by atoms with van der Waals surface area (Å²) in [5.74, 6) is -0.0827. The Bertz CT molecular complexity index is 413. The third-order valence-electron chi connectivity index (χ3n) is 2.78. The Labute approximate surface area is 119 Å². The van der Waals surface area contributed by atoms with Crippen LogP contribution in [0.1, 0.15) is 19.4 Å². The van der Waals surface area contributed by atoms with Gasteiger partial charge in [0.15, 0.2) is 0 Å². The highest BCUT2D eigenvalue weighted by Gasteiger charge is 2.05. The van der Waals surface area contributed by atoms with Crippen molar-refractivity contribution in [3.63, 3.8) is 0 Å². The minimum atomic E-state index is -0.0827. The molecule has 1 N–H and O–H groups in total. The highest BCUT2D eigenvalue weighted by Crippen LogP contribution is 2.13. The van der Waals surface area contributed by atoms with Crippen LogP contribution in [-0.2, 0) is 4.79 Å². The molecule has 0 heterocycles. The molecule has 0 bridgehead atoms. The third kappa shape index (κ3) is 5.89. The number of hydrazone groups is 1. The van der Waals surface area contributed by atoms with Crippen molar-refractivity contribution >= 4 is 23.9 Å². The van der Waals surface area contributed by atoms with E-state index in [1.165, 1.54) is 4.90 Å². The zero-order chi connectivity index (χ0) is 14.1. The van der Waals surface area contributed by atoms with Gasteiger partial charge in [-0.3, -0.25) is 9.69 Å². The predicted octanol–water partition coefficient (Wildman–Crippen LogP) is 2.20. The van der Waals surface area contributed by atoms with Gasteiger partial charge in [-0.1, -0.05) is 26.0 Å². The third-order valence-corrected chi connectivity index (χ3v) is 3.52. The summed E-state index contributed by atoms with van der Waals surface area (Å²) >= 11 is 1.70. The first-order chi connectivity index (χ1) is 9.19. The summed E-state index contributed by atoms with van der Waals surface area (Å²) in [5, 5.41) is 3.96. The first kappa shape index (κ1) is 15.7. The number of carbonyl (C=O) groups is 1. The molecule has 0 atom stereocenters. The van der Waals surface area contributed by atoms with Crippen molar-refractivity contribution in [1.82, 2.24) is 10.3 Å². The van der Waals surface area contributed by atoms with Crippen LogP contribution in [0.25, 0.3) is 0 Å². The van der Waals surface area contributed by atoms with E-state index in [0.717, 1.165) is 18.7 Å². The molecule has 0 aliphatic rings. The van der Waals surface area contributed by atoms with Crippen LogP contribution >= 0.6 is 11.8 Å². The van der Waals surface area contributed by atoms with Crippen LogP contribution < -0.4 is 5.43 Å². The average Bonchev–Trinajstić information content (AvgIpc) is 2.45. The van der Waals surface area contributed by atoms with E-state index in [1.54, 1.807) is 18.0 Å². The van der Waals surface area contributed by atoms with Crippen molar-refractivity contribution in [3.05, 3.63) is 29.8 Å². The first-order valence-electron chi connectivity index (χ1n) is 6.37. The molecule has 5 heteroatoms. The second kappa shape index (κ2) is 8.72. The standard InChI is InChI=1S/C14H21N3OS/c1-4-17(5-2)11-14(18)16-15-10-12-6-8-13(19-3)9-7-12/h6-10H,4-5,11H2,1-3H3,(H,16,18)/b15-10-. The van der Waals surface area contributed by atoms with Crippen LogP contribution in [-0.4, -0.2) is 42.9 Å². The topological polar surface area (TPSA) is 44.7 Å². The number of rotatable bonds is 7. The van der Waals surface area contributed by atoms with E-state index < -0.39 is 0 Å². The molecule has 0 radical (unpaired) electrons. The van der Waals surface area contributed by atoms with Crippen molar-refractivity contribution < 1.29 is 4.79 Å². The molecule has 0 unspecified atom stereocenters. The van der Waals surface area contributed by atoms with Crippen LogP contribution in [0.15, 0.2) is 34.3 Å². The average molecular weight is 279 g/mol. The fourth-order valence-corrected chi connectivity index (χ4v) is 1.96. The largest absolute Gasteiger partial charge is 0.295 e. The van der Waals surface area contributed by atoms with E-state index >= 15 is 0 Å². The van der Waals surface area contributed by atoms with Gasteiger partial charge in [0, 0.05) is 4.90 Å². The Morgan fingerprint density at radius 1 is 1.32 bits per heavy atom. The maximum atomic E-state index is 11.6.